The molecule has 2 aromatic carbocycles. The summed E-state index contributed by atoms with van der Waals surface area (Å²) in [6.45, 7) is 0.580. The molecule has 7 nitrogen and oxygen atoms in total. The number of hydrogen-bond acceptors (Lipinski definition) is 5. The van der Waals surface area contributed by atoms with Gasteiger partial charge in [-0.05, 0) is 55.2 Å². The van der Waals surface area contributed by atoms with E-state index in [-0.39, 0.29) is 23.4 Å². The van der Waals surface area contributed by atoms with Crippen LogP contribution in [0, 0.1) is 0 Å². The number of hydrogen-bond donors (Lipinski definition) is 2. The van der Waals surface area contributed by atoms with Crippen LogP contribution in [0.15, 0.2) is 42.6 Å². The van der Waals surface area contributed by atoms with E-state index in [0.717, 1.165) is 35.7 Å². The number of carbonyl (C=O) groups excluding carboxylic acids is 1. The first kappa shape index (κ1) is 20.0. The van der Waals surface area contributed by atoms with Gasteiger partial charge in [-0.1, -0.05) is 17.7 Å². The fourth-order valence-corrected chi connectivity index (χ4v) is 5.79. The highest BCUT2D eigenvalue weighted by molar-refractivity contribution is 6.30. The summed E-state index contributed by atoms with van der Waals surface area (Å²) in [6.07, 6.45) is 3.39. The minimum absolute atomic E-state index is 0.0238. The van der Waals surface area contributed by atoms with Crippen molar-refractivity contribution < 1.29 is 19.4 Å². The highest BCUT2D eigenvalue weighted by Crippen LogP contribution is 2.65. The predicted molar refractivity (Wildman–Crippen MR) is 119 cm³/mol. The SMILES string of the molecule is COCc1ccc2nn(C34CC(NC(=O)[C@H]5C[C@@H](O)c6cc(Cl)ccc6O5)(C3)C4)cc2c1. The number of benzene rings is 2. The van der Waals surface area contributed by atoms with Crippen LogP contribution in [0.3, 0.4) is 0 Å². The van der Waals surface area contributed by atoms with E-state index < -0.39 is 12.2 Å². The van der Waals surface area contributed by atoms with E-state index in [2.05, 4.69) is 22.3 Å². The molecule has 3 aliphatic carbocycles. The molecule has 2 N–H and O–H groups in total. The first-order valence-electron chi connectivity index (χ1n) is 10.8. The molecule has 2 atom stereocenters. The summed E-state index contributed by atoms with van der Waals surface area (Å²) in [7, 11) is 1.69. The fraction of sp³-hybridized carbons (Fsp3) is 0.417. The topological polar surface area (TPSA) is 85.6 Å². The lowest BCUT2D eigenvalue weighted by molar-refractivity contribution is -0.164. The zero-order chi connectivity index (χ0) is 22.1. The van der Waals surface area contributed by atoms with Crippen molar-refractivity contribution in [2.75, 3.05) is 7.11 Å². The Kier molecular flexibility index (Phi) is 4.35. The van der Waals surface area contributed by atoms with Crippen molar-refractivity contribution in [2.24, 2.45) is 0 Å². The van der Waals surface area contributed by atoms with Gasteiger partial charge in [0, 0.05) is 41.2 Å². The summed E-state index contributed by atoms with van der Waals surface area (Å²) < 4.78 is 13.2. The average Bonchev–Trinajstić information content (AvgIpc) is 3.13. The van der Waals surface area contributed by atoms with Crippen LogP contribution in [-0.2, 0) is 21.7 Å². The number of methoxy groups -OCH3 is 1. The monoisotopic (exact) mass is 453 g/mol. The second-order valence-corrected chi connectivity index (χ2v) is 9.90. The molecule has 7 rings (SSSR count). The standard InChI is InChI=1S/C24H24ClN3O4/c1-31-10-14-2-4-18-15(6-14)9-28(27-18)24-11-23(12-24,13-24)26-22(30)21-8-19(29)17-7-16(25)3-5-20(17)32-21/h2-7,9,19,21,29H,8,10-13H2,1H3,(H,26,30)/t19-,21-,23?,24?/m1/s1. The average molecular weight is 454 g/mol. The van der Waals surface area contributed by atoms with Gasteiger partial charge >= 0.3 is 0 Å². The second-order valence-electron chi connectivity index (χ2n) is 9.46. The van der Waals surface area contributed by atoms with E-state index in [4.69, 9.17) is 26.2 Å². The summed E-state index contributed by atoms with van der Waals surface area (Å²) >= 11 is 6.01. The molecule has 0 spiro atoms. The van der Waals surface area contributed by atoms with Crippen LogP contribution in [0.1, 0.15) is 42.9 Å². The molecule has 3 saturated carbocycles. The molecule has 4 aliphatic rings. The number of nitrogens with one attached hydrogen (secondary N) is 1. The summed E-state index contributed by atoms with van der Waals surface area (Å²) in [5, 5.41) is 20.1. The lowest BCUT2D eigenvalue weighted by Gasteiger charge is -2.70. The molecule has 1 amide bonds. The van der Waals surface area contributed by atoms with Crippen LogP contribution in [0.5, 0.6) is 5.75 Å². The minimum Gasteiger partial charge on any atom is -0.480 e. The van der Waals surface area contributed by atoms with Crippen LogP contribution in [0.4, 0.5) is 0 Å². The lowest BCUT2D eigenvalue weighted by Crippen LogP contribution is -2.79. The Labute approximate surface area is 190 Å². The third-order valence-corrected chi connectivity index (χ3v) is 7.32. The van der Waals surface area contributed by atoms with Crippen molar-refractivity contribution in [1.29, 1.82) is 0 Å². The normalized spacial score (nSPS) is 30.1. The maximum atomic E-state index is 12.9. The van der Waals surface area contributed by atoms with Crippen molar-refractivity contribution in [3.05, 3.63) is 58.7 Å². The van der Waals surface area contributed by atoms with Crippen molar-refractivity contribution in [3.8, 4) is 5.75 Å². The van der Waals surface area contributed by atoms with E-state index in [1.165, 1.54) is 0 Å². The summed E-state index contributed by atoms with van der Waals surface area (Å²) in [5.74, 6) is 0.339. The molecule has 166 valence electrons. The number of rotatable bonds is 5. The number of ether oxygens (including phenoxy) is 2. The Bertz CT molecular complexity index is 1220. The largest absolute Gasteiger partial charge is 0.480 e. The van der Waals surface area contributed by atoms with E-state index in [1.807, 2.05) is 12.1 Å². The van der Waals surface area contributed by atoms with E-state index in [0.29, 0.717) is 22.9 Å². The first-order valence-corrected chi connectivity index (χ1v) is 11.2. The van der Waals surface area contributed by atoms with Gasteiger partial charge in [-0.25, -0.2) is 0 Å². The lowest BCUT2D eigenvalue weighted by atomic mass is 9.44. The van der Waals surface area contributed by atoms with Crippen molar-refractivity contribution in [1.82, 2.24) is 15.1 Å². The number of amides is 1. The first-order chi connectivity index (χ1) is 15.4. The molecule has 2 heterocycles. The predicted octanol–water partition coefficient (Wildman–Crippen LogP) is 3.47. The highest BCUT2D eigenvalue weighted by Gasteiger charge is 2.70. The van der Waals surface area contributed by atoms with Gasteiger partial charge in [0.1, 0.15) is 5.75 Å². The maximum Gasteiger partial charge on any atom is 0.261 e. The van der Waals surface area contributed by atoms with Crippen molar-refractivity contribution in [3.63, 3.8) is 0 Å². The summed E-state index contributed by atoms with van der Waals surface area (Å²) in [5.41, 5.74) is 2.50. The van der Waals surface area contributed by atoms with Gasteiger partial charge in [0.15, 0.2) is 6.10 Å². The number of fused-ring (bicyclic) bond motifs is 2. The summed E-state index contributed by atoms with van der Waals surface area (Å²) in [6, 6.07) is 11.3. The molecule has 2 bridgehead atoms. The van der Waals surface area contributed by atoms with Crippen LogP contribution in [0.25, 0.3) is 10.9 Å². The zero-order valence-corrected chi connectivity index (χ0v) is 18.4. The quantitative estimate of drug-likeness (QED) is 0.618. The Morgan fingerprint density at radius 2 is 2.12 bits per heavy atom. The molecule has 0 unspecified atom stereocenters. The highest BCUT2D eigenvalue weighted by atomic mass is 35.5. The second kappa shape index (κ2) is 6.94. The Balaban J connectivity index is 1.12. The van der Waals surface area contributed by atoms with Crippen molar-refractivity contribution in [2.45, 2.75) is 55.6 Å². The van der Waals surface area contributed by atoms with Gasteiger partial charge in [-0.2, -0.15) is 5.10 Å². The molecular formula is C24H24ClN3O4. The number of nitrogens with zero attached hydrogens (tertiary/aromatic N) is 2. The smallest absolute Gasteiger partial charge is 0.261 e. The third-order valence-electron chi connectivity index (χ3n) is 7.09. The third kappa shape index (κ3) is 3.03. The molecule has 32 heavy (non-hydrogen) atoms. The Hall–Kier alpha value is -2.61. The van der Waals surface area contributed by atoms with E-state index in [9.17, 15) is 9.90 Å². The number of halogens is 1. The number of aliphatic hydroxyl groups excluding tert-OH is 1. The van der Waals surface area contributed by atoms with E-state index >= 15 is 0 Å². The maximum absolute atomic E-state index is 12.9. The van der Waals surface area contributed by atoms with Gasteiger partial charge in [-0.15, -0.1) is 0 Å². The van der Waals surface area contributed by atoms with Crippen LogP contribution >= 0.6 is 11.6 Å². The van der Waals surface area contributed by atoms with Gasteiger partial charge in [-0.3, -0.25) is 9.48 Å². The van der Waals surface area contributed by atoms with Crippen LogP contribution < -0.4 is 10.1 Å². The number of aliphatic hydroxyl groups is 1. The minimum atomic E-state index is -0.771. The molecular weight excluding hydrogens is 430 g/mol. The molecule has 8 heteroatoms. The zero-order valence-electron chi connectivity index (χ0n) is 17.7. The number of carbonyl (C=O) groups is 1. The Morgan fingerprint density at radius 3 is 2.91 bits per heavy atom. The molecule has 3 fully saturated rings. The van der Waals surface area contributed by atoms with Gasteiger partial charge in [0.05, 0.1) is 23.8 Å². The molecule has 1 aliphatic heterocycles. The van der Waals surface area contributed by atoms with Gasteiger partial charge in [0.25, 0.3) is 5.91 Å². The molecule has 3 aromatic rings. The van der Waals surface area contributed by atoms with Gasteiger partial charge in [0.2, 0.25) is 0 Å². The van der Waals surface area contributed by atoms with Crippen LogP contribution in [-0.4, -0.2) is 39.5 Å². The Morgan fingerprint density at radius 1 is 1.31 bits per heavy atom. The van der Waals surface area contributed by atoms with Gasteiger partial charge < -0.3 is 19.9 Å². The summed E-state index contributed by atoms with van der Waals surface area (Å²) in [4.78, 5) is 12.9. The molecule has 0 radical (unpaired) electrons. The molecule has 1 aromatic heterocycles. The fourth-order valence-electron chi connectivity index (χ4n) is 5.61. The van der Waals surface area contributed by atoms with E-state index in [1.54, 1.807) is 25.3 Å². The molecule has 0 saturated heterocycles. The van der Waals surface area contributed by atoms with Crippen LogP contribution in [0.2, 0.25) is 5.02 Å². The number of aromatic nitrogens is 2. The van der Waals surface area contributed by atoms with Crippen molar-refractivity contribution >= 4 is 28.4 Å².